The standard InChI is InChI=1S/C19H38N2O2/c1-14(2)22-12-18-8-7-17(21(18)6)10-16(4)23-13-19-9-15(3)11-20(19)5/h14-19H,7-13H2,1-6H3. The van der Waals surface area contributed by atoms with Gasteiger partial charge in [-0.2, -0.15) is 0 Å². The summed E-state index contributed by atoms with van der Waals surface area (Å²) in [5.74, 6) is 0.812. The van der Waals surface area contributed by atoms with Gasteiger partial charge in [0.25, 0.3) is 0 Å². The maximum Gasteiger partial charge on any atom is 0.0625 e. The van der Waals surface area contributed by atoms with Crippen LogP contribution in [-0.2, 0) is 9.47 Å². The van der Waals surface area contributed by atoms with Crippen LogP contribution in [0.4, 0.5) is 0 Å². The highest BCUT2D eigenvalue weighted by Crippen LogP contribution is 2.27. The Morgan fingerprint density at radius 2 is 1.61 bits per heavy atom. The Labute approximate surface area is 143 Å². The van der Waals surface area contributed by atoms with Gasteiger partial charge in [0.2, 0.25) is 0 Å². The first-order valence-corrected chi connectivity index (χ1v) is 9.52. The summed E-state index contributed by atoms with van der Waals surface area (Å²) < 4.78 is 12.0. The highest BCUT2D eigenvalue weighted by molar-refractivity contribution is 4.87. The summed E-state index contributed by atoms with van der Waals surface area (Å²) in [6.45, 7) is 11.8. The zero-order valence-corrected chi connectivity index (χ0v) is 16.1. The molecule has 5 atom stereocenters. The Kier molecular flexibility index (Phi) is 7.33. The highest BCUT2D eigenvalue weighted by atomic mass is 16.5. The molecule has 23 heavy (non-hydrogen) atoms. The summed E-state index contributed by atoms with van der Waals surface area (Å²) in [7, 11) is 4.48. The number of ether oxygens (including phenoxy) is 2. The van der Waals surface area contributed by atoms with Crippen molar-refractivity contribution in [3.8, 4) is 0 Å². The van der Waals surface area contributed by atoms with E-state index in [-0.39, 0.29) is 0 Å². The molecule has 0 N–H and O–H groups in total. The minimum absolute atomic E-state index is 0.329. The van der Waals surface area contributed by atoms with Crippen LogP contribution in [0.3, 0.4) is 0 Å². The van der Waals surface area contributed by atoms with Crippen LogP contribution in [0.25, 0.3) is 0 Å². The van der Waals surface area contributed by atoms with Crippen LogP contribution in [-0.4, -0.2) is 74.0 Å². The van der Waals surface area contributed by atoms with Gasteiger partial charge in [-0.1, -0.05) is 6.92 Å². The fraction of sp³-hybridized carbons (Fsp3) is 1.00. The Balaban J connectivity index is 1.68. The predicted molar refractivity (Wildman–Crippen MR) is 95.9 cm³/mol. The van der Waals surface area contributed by atoms with Gasteiger partial charge < -0.3 is 14.4 Å². The van der Waals surface area contributed by atoms with Crippen molar-refractivity contribution in [2.75, 3.05) is 33.9 Å². The number of likely N-dealkylation sites (N-methyl/N-ethyl adjacent to an activating group) is 2. The molecule has 4 nitrogen and oxygen atoms in total. The molecule has 0 aliphatic carbocycles. The molecule has 0 aromatic rings. The van der Waals surface area contributed by atoms with Crippen molar-refractivity contribution >= 4 is 0 Å². The normalized spacial score (nSPS) is 34.6. The van der Waals surface area contributed by atoms with E-state index in [9.17, 15) is 0 Å². The van der Waals surface area contributed by atoms with Gasteiger partial charge in [0, 0.05) is 24.7 Å². The van der Waals surface area contributed by atoms with E-state index in [1.165, 1.54) is 25.8 Å². The van der Waals surface area contributed by atoms with Gasteiger partial charge in [0.1, 0.15) is 0 Å². The van der Waals surface area contributed by atoms with Crippen LogP contribution < -0.4 is 0 Å². The predicted octanol–water partition coefficient (Wildman–Crippen LogP) is 3.01. The van der Waals surface area contributed by atoms with E-state index in [0.29, 0.717) is 30.3 Å². The Morgan fingerprint density at radius 1 is 0.957 bits per heavy atom. The molecule has 0 amide bonds. The molecule has 2 saturated heterocycles. The maximum atomic E-state index is 6.19. The molecular formula is C19H38N2O2. The summed E-state index contributed by atoms with van der Waals surface area (Å²) in [4.78, 5) is 4.98. The second-order valence-electron chi connectivity index (χ2n) is 8.25. The SMILES string of the molecule is CC1CC(COC(C)CC2CCC(COC(C)C)N2C)N(C)C1. The molecule has 2 heterocycles. The summed E-state index contributed by atoms with van der Waals surface area (Å²) in [5, 5.41) is 0. The third-order valence-electron chi connectivity index (χ3n) is 5.68. The van der Waals surface area contributed by atoms with Crippen molar-refractivity contribution in [1.29, 1.82) is 0 Å². The first-order valence-electron chi connectivity index (χ1n) is 9.52. The topological polar surface area (TPSA) is 24.9 Å². The lowest BCUT2D eigenvalue weighted by Gasteiger charge is -2.29. The van der Waals surface area contributed by atoms with Crippen LogP contribution in [0.2, 0.25) is 0 Å². The van der Waals surface area contributed by atoms with Crippen molar-refractivity contribution in [3.63, 3.8) is 0 Å². The van der Waals surface area contributed by atoms with Gasteiger partial charge in [0.05, 0.1) is 25.4 Å². The summed E-state index contributed by atoms with van der Waals surface area (Å²) in [6.07, 6.45) is 5.62. The zero-order valence-electron chi connectivity index (χ0n) is 16.1. The summed E-state index contributed by atoms with van der Waals surface area (Å²) in [6, 6.07) is 1.84. The molecule has 136 valence electrons. The molecule has 2 aliphatic rings. The van der Waals surface area contributed by atoms with E-state index >= 15 is 0 Å². The molecular weight excluding hydrogens is 288 g/mol. The molecule has 0 aromatic carbocycles. The fourth-order valence-electron chi connectivity index (χ4n) is 4.16. The van der Waals surface area contributed by atoms with Crippen LogP contribution in [0.15, 0.2) is 0 Å². The Hall–Kier alpha value is -0.160. The molecule has 2 aliphatic heterocycles. The molecule has 0 aromatic heterocycles. The third kappa shape index (κ3) is 5.70. The number of rotatable bonds is 8. The van der Waals surface area contributed by atoms with E-state index < -0.39 is 0 Å². The first kappa shape index (κ1) is 19.2. The number of hydrogen-bond acceptors (Lipinski definition) is 4. The Bertz CT molecular complexity index is 350. The number of hydrogen-bond donors (Lipinski definition) is 0. The summed E-state index contributed by atoms with van der Waals surface area (Å²) in [5.41, 5.74) is 0. The fourth-order valence-corrected chi connectivity index (χ4v) is 4.16. The van der Waals surface area contributed by atoms with Crippen LogP contribution in [0.5, 0.6) is 0 Å². The molecule has 0 bridgehead atoms. The van der Waals surface area contributed by atoms with Gasteiger partial charge >= 0.3 is 0 Å². The monoisotopic (exact) mass is 326 g/mol. The van der Waals surface area contributed by atoms with Gasteiger partial charge in [-0.25, -0.2) is 0 Å². The van der Waals surface area contributed by atoms with Crippen molar-refractivity contribution in [3.05, 3.63) is 0 Å². The van der Waals surface area contributed by atoms with E-state index in [0.717, 1.165) is 25.6 Å². The average Bonchev–Trinajstić information content (AvgIpc) is 2.98. The second kappa shape index (κ2) is 8.80. The van der Waals surface area contributed by atoms with E-state index in [2.05, 4.69) is 51.6 Å². The maximum absolute atomic E-state index is 6.19. The van der Waals surface area contributed by atoms with Crippen LogP contribution in [0, 0.1) is 5.92 Å². The smallest absolute Gasteiger partial charge is 0.0625 e. The largest absolute Gasteiger partial charge is 0.377 e. The van der Waals surface area contributed by atoms with Gasteiger partial charge in [-0.3, -0.25) is 4.90 Å². The molecule has 0 radical (unpaired) electrons. The van der Waals surface area contributed by atoms with Crippen molar-refractivity contribution in [1.82, 2.24) is 9.80 Å². The molecule has 4 heteroatoms. The van der Waals surface area contributed by atoms with Crippen LogP contribution in [0.1, 0.15) is 53.4 Å². The van der Waals surface area contributed by atoms with Gasteiger partial charge in [-0.15, -0.1) is 0 Å². The van der Waals surface area contributed by atoms with Crippen molar-refractivity contribution in [2.24, 2.45) is 5.92 Å². The average molecular weight is 327 g/mol. The lowest BCUT2D eigenvalue weighted by molar-refractivity contribution is 0.00691. The third-order valence-corrected chi connectivity index (χ3v) is 5.68. The minimum atomic E-state index is 0.329. The molecule has 0 saturated carbocycles. The van der Waals surface area contributed by atoms with Gasteiger partial charge in [-0.05, 0) is 66.5 Å². The van der Waals surface area contributed by atoms with E-state index in [1.807, 2.05) is 0 Å². The molecule has 5 unspecified atom stereocenters. The van der Waals surface area contributed by atoms with Crippen molar-refractivity contribution in [2.45, 2.75) is 83.7 Å². The van der Waals surface area contributed by atoms with Crippen LogP contribution >= 0.6 is 0 Å². The first-order chi connectivity index (χ1) is 10.9. The quantitative estimate of drug-likeness (QED) is 0.684. The zero-order chi connectivity index (χ0) is 17.0. The highest BCUT2D eigenvalue weighted by Gasteiger charge is 2.32. The number of nitrogens with zero attached hydrogens (tertiary/aromatic N) is 2. The minimum Gasteiger partial charge on any atom is -0.377 e. The second-order valence-corrected chi connectivity index (χ2v) is 8.25. The number of likely N-dealkylation sites (tertiary alicyclic amines) is 2. The van der Waals surface area contributed by atoms with E-state index in [1.54, 1.807) is 0 Å². The molecule has 2 rings (SSSR count). The van der Waals surface area contributed by atoms with Gasteiger partial charge in [0.15, 0.2) is 0 Å². The summed E-state index contributed by atoms with van der Waals surface area (Å²) >= 11 is 0. The Morgan fingerprint density at radius 3 is 2.22 bits per heavy atom. The molecule has 2 fully saturated rings. The van der Waals surface area contributed by atoms with E-state index in [4.69, 9.17) is 9.47 Å². The molecule has 0 spiro atoms. The lowest BCUT2D eigenvalue weighted by atomic mass is 10.1. The lowest BCUT2D eigenvalue weighted by Crippen LogP contribution is -2.38. The van der Waals surface area contributed by atoms with Crippen molar-refractivity contribution < 1.29 is 9.47 Å².